The van der Waals surface area contributed by atoms with E-state index in [2.05, 4.69) is 24.1 Å². The Morgan fingerprint density at radius 1 is 1.17 bits per heavy atom. The van der Waals surface area contributed by atoms with E-state index in [0.717, 1.165) is 38.5 Å². The van der Waals surface area contributed by atoms with Gasteiger partial charge in [-0.05, 0) is 55.6 Å². The molecule has 0 aliphatic carbocycles. The van der Waals surface area contributed by atoms with Crippen LogP contribution in [0.5, 0.6) is 0 Å². The molecule has 1 aromatic rings. The molecule has 0 unspecified atom stereocenters. The number of hydrogen-bond acceptors (Lipinski definition) is 2. The van der Waals surface area contributed by atoms with Gasteiger partial charge in [-0.2, -0.15) is 13.2 Å². The van der Waals surface area contributed by atoms with Crippen molar-refractivity contribution in [2.24, 2.45) is 5.92 Å². The van der Waals surface area contributed by atoms with E-state index in [1.807, 2.05) is 0 Å². The summed E-state index contributed by atoms with van der Waals surface area (Å²) in [7, 11) is 0. The molecule has 0 aromatic heterocycles. The highest BCUT2D eigenvalue weighted by atomic mass is 19.4. The van der Waals surface area contributed by atoms with E-state index in [-0.39, 0.29) is 0 Å². The predicted octanol–water partition coefficient (Wildman–Crippen LogP) is 4.05. The van der Waals surface area contributed by atoms with Crippen molar-refractivity contribution in [3.8, 4) is 0 Å². The molecule has 0 radical (unpaired) electrons. The molecule has 1 aliphatic rings. The molecule has 1 heterocycles. The van der Waals surface area contributed by atoms with Gasteiger partial charge in [0.05, 0.1) is 5.56 Å². The first-order valence-corrected chi connectivity index (χ1v) is 8.07. The smallest absolute Gasteiger partial charge is 0.317 e. The van der Waals surface area contributed by atoms with Gasteiger partial charge in [0.25, 0.3) is 0 Å². The summed E-state index contributed by atoms with van der Waals surface area (Å²) in [6.07, 6.45) is -2.59. The zero-order valence-electron chi connectivity index (χ0n) is 13.6. The third kappa shape index (κ3) is 5.46. The third-order valence-electron chi connectivity index (χ3n) is 4.10. The predicted molar refractivity (Wildman–Crippen MR) is 82.5 cm³/mol. The number of rotatable bonds is 5. The first-order valence-electron chi connectivity index (χ1n) is 8.07. The first kappa shape index (κ1) is 18.2. The summed E-state index contributed by atoms with van der Waals surface area (Å²) in [5.74, 6) is -0.426. The molecule has 6 heteroatoms. The Hall–Kier alpha value is -1.14. The van der Waals surface area contributed by atoms with Gasteiger partial charge >= 0.3 is 6.18 Å². The lowest BCUT2D eigenvalue weighted by Gasteiger charge is -2.36. The molecule has 1 N–H and O–H groups in total. The standard InChI is InChI=1S/C17H24F4N2/c1-12(2)10-23(16-3-5-22-6-4-16)11-13-7-14(17(19,20)21)9-15(18)8-13/h7-9,12,16,22H,3-6,10-11H2,1-2H3. The van der Waals surface area contributed by atoms with Crippen LogP contribution in [0.3, 0.4) is 0 Å². The summed E-state index contributed by atoms with van der Waals surface area (Å²) < 4.78 is 52.2. The van der Waals surface area contributed by atoms with Crippen molar-refractivity contribution in [3.63, 3.8) is 0 Å². The molecule has 1 aliphatic heterocycles. The van der Waals surface area contributed by atoms with Gasteiger partial charge in [-0.3, -0.25) is 4.90 Å². The molecule has 130 valence electrons. The van der Waals surface area contributed by atoms with Gasteiger partial charge in [-0.1, -0.05) is 13.8 Å². The summed E-state index contributed by atoms with van der Waals surface area (Å²) >= 11 is 0. The Morgan fingerprint density at radius 3 is 2.39 bits per heavy atom. The molecule has 0 atom stereocenters. The van der Waals surface area contributed by atoms with Crippen LogP contribution in [0.2, 0.25) is 0 Å². The fraction of sp³-hybridized carbons (Fsp3) is 0.647. The summed E-state index contributed by atoms with van der Waals surface area (Å²) in [5, 5.41) is 3.29. The van der Waals surface area contributed by atoms with Gasteiger partial charge in [0.15, 0.2) is 0 Å². The van der Waals surface area contributed by atoms with Gasteiger partial charge in [0.1, 0.15) is 5.82 Å². The molecule has 2 rings (SSSR count). The number of nitrogens with one attached hydrogen (secondary N) is 1. The first-order chi connectivity index (χ1) is 10.8. The second kappa shape index (κ2) is 7.62. The van der Waals surface area contributed by atoms with E-state index in [0.29, 0.717) is 30.1 Å². The lowest BCUT2D eigenvalue weighted by atomic mass is 10.0. The number of halogens is 4. The molecule has 1 saturated heterocycles. The molecule has 0 saturated carbocycles. The average Bonchev–Trinajstić information content (AvgIpc) is 2.45. The van der Waals surface area contributed by atoms with Crippen LogP contribution in [0.1, 0.15) is 37.8 Å². The van der Waals surface area contributed by atoms with Gasteiger partial charge in [-0.15, -0.1) is 0 Å². The van der Waals surface area contributed by atoms with Crippen LogP contribution in [0, 0.1) is 11.7 Å². The maximum absolute atomic E-state index is 13.6. The number of nitrogens with zero attached hydrogens (tertiary/aromatic N) is 1. The summed E-state index contributed by atoms with van der Waals surface area (Å²) in [6, 6.07) is 3.17. The SMILES string of the molecule is CC(C)CN(Cc1cc(F)cc(C(F)(F)F)c1)C1CCNCC1. The highest BCUT2D eigenvalue weighted by Crippen LogP contribution is 2.31. The van der Waals surface area contributed by atoms with Crippen LogP contribution in [-0.2, 0) is 12.7 Å². The second-order valence-corrected chi connectivity index (χ2v) is 6.65. The molecule has 0 amide bonds. The fourth-order valence-corrected chi connectivity index (χ4v) is 3.12. The lowest BCUT2D eigenvalue weighted by Crippen LogP contribution is -2.44. The topological polar surface area (TPSA) is 15.3 Å². The van der Waals surface area contributed by atoms with E-state index in [4.69, 9.17) is 0 Å². The minimum absolute atomic E-state index is 0.330. The van der Waals surface area contributed by atoms with Crippen LogP contribution < -0.4 is 5.32 Å². The highest BCUT2D eigenvalue weighted by molar-refractivity contribution is 5.27. The van der Waals surface area contributed by atoms with Gasteiger partial charge < -0.3 is 5.32 Å². The Bertz CT molecular complexity index is 508. The van der Waals surface area contributed by atoms with E-state index in [1.165, 1.54) is 6.07 Å². The molecule has 1 fully saturated rings. The Balaban J connectivity index is 2.19. The fourth-order valence-electron chi connectivity index (χ4n) is 3.12. The minimum atomic E-state index is -4.52. The van der Waals surface area contributed by atoms with Crippen LogP contribution >= 0.6 is 0 Å². The number of alkyl halides is 3. The Kier molecular flexibility index (Phi) is 6.03. The van der Waals surface area contributed by atoms with Crippen molar-refractivity contribution >= 4 is 0 Å². The van der Waals surface area contributed by atoms with E-state index in [9.17, 15) is 17.6 Å². The zero-order chi connectivity index (χ0) is 17.0. The maximum atomic E-state index is 13.6. The van der Waals surface area contributed by atoms with Crippen molar-refractivity contribution in [1.82, 2.24) is 10.2 Å². The second-order valence-electron chi connectivity index (χ2n) is 6.65. The largest absolute Gasteiger partial charge is 0.416 e. The van der Waals surface area contributed by atoms with Crippen molar-refractivity contribution < 1.29 is 17.6 Å². The van der Waals surface area contributed by atoms with E-state index >= 15 is 0 Å². The molecular weight excluding hydrogens is 308 g/mol. The zero-order valence-corrected chi connectivity index (χ0v) is 13.6. The third-order valence-corrected chi connectivity index (χ3v) is 4.10. The van der Waals surface area contributed by atoms with Gasteiger partial charge in [0, 0.05) is 19.1 Å². The number of piperidine rings is 1. The monoisotopic (exact) mass is 332 g/mol. The van der Waals surface area contributed by atoms with E-state index < -0.39 is 17.6 Å². The highest BCUT2D eigenvalue weighted by Gasteiger charge is 2.31. The van der Waals surface area contributed by atoms with Crippen LogP contribution in [-0.4, -0.2) is 30.6 Å². The quantitative estimate of drug-likeness (QED) is 0.818. The van der Waals surface area contributed by atoms with Crippen molar-refractivity contribution in [3.05, 3.63) is 35.1 Å². The van der Waals surface area contributed by atoms with E-state index in [1.54, 1.807) is 0 Å². The van der Waals surface area contributed by atoms with Crippen molar-refractivity contribution in [2.75, 3.05) is 19.6 Å². The minimum Gasteiger partial charge on any atom is -0.317 e. The Labute approximate surface area is 134 Å². The average molecular weight is 332 g/mol. The van der Waals surface area contributed by atoms with Crippen LogP contribution in [0.25, 0.3) is 0 Å². The molecule has 0 bridgehead atoms. The molecule has 2 nitrogen and oxygen atoms in total. The lowest BCUT2D eigenvalue weighted by molar-refractivity contribution is -0.137. The molecule has 0 spiro atoms. The van der Waals surface area contributed by atoms with Crippen LogP contribution in [0.15, 0.2) is 18.2 Å². The Morgan fingerprint density at radius 2 is 1.83 bits per heavy atom. The number of benzene rings is 1. The maximum Gasteiger partial charge on any atom is 0.416 e. The summed E-state index contributed by atoms with van der Waals surface area (Å²) in [4.78, 5) is 2.19. The summed E-state index contributed by atoms with van der Waals surface area (Å²) in [5.41, 5.74) is -0.529. The molecule has 23 heavy (non-hydrogen) atoms. The normalized spacial score (nSPS) is 17.2. The van der Waals surface area contributed by atoms with Gasteiger partial charge in [0.2, 0.25) is 0 Å². The molecular formula is C17H24F4N2. The molecule has 1 aromatic carbocycles. The van der Waals surface area contributed by atoms with Crippen LogP contribution in [0.4, 0.5) is 17.6 Å². The van der Waals surface area contributed by atoms with Gasteiger partial charge in [-0.25, -0.2) is 4.39 Å². The summed E-state index contributed by atoms with van der Waals surface area (Å²) in [6.45, 7) is 7.14. The number of hydrogen-bond donors (Lipinski definition) is 1. The van der Waals surface area contributed by atoms with Crippen molar-refractivity contribution in [2.45, 2.75) is 45.5 Å². The van der Waals surface area contributed by atoms with Crippen molar-refractivity contribution in [1.29, 1.82) is 0 Å².